The first-order chi connectivity index (χ1) is 12.2. The number of nitrogens with zero attached hydrogens (tertiary/aromatic N) is 2. The standard InChI is InChI=1S/C19H24N4O2/c20-21-18(24)9-4-10-19(25)23-13-11-22(12-14-23)17-8-3-6-15-5-1-2-7-16(15)17/h1-3,5-8H,4,9-14,20H2,(H,21,24). The first-order valence-electron chi connectivity index (χ1n) is 8.69. The first kappa shape index (κ1) is 17.2. The van der Waals surface area contributed by atoms with Gasteiger partial charge in [0.1, 0.15) is 0 Å². The molecule has 1 heterocycles. The van der Waals surface area contributed by atoms with E-state index in [2.05, 4.69) is 46.7 Å². The summed E-state index contributed by atoms with van der Waals surface area (Å²) in [4.78, 5) is 27.6. The molecule has 6 heteroatoms. The van der Waals surface area contributed by atoms with Crippen LogP contribution in [-0.4, -0.2) is 42.9 Å². The lowest BCUT2D eigenvalue weighted by molar-refractivity contribution is -0.131. The number of fused-ring (bicyclic) bond motifs is 1. The van der Waals surface area contributed by atoms with Crippen molar-refractivity contribution in [2.45, 2.75) is 19.3 Å². The van der Waals surface area contributed by atoms with Gasteiger partial charge in [0.2, 0.25) is 11.8 Å². The molecule has 1 aliphatic heterocycles. The van der Waals surface area contributed by atoms with Gasteiger partial charge in [-0.1, -0.05) is 36.4 Å². The third kappa shape index (κ3) is 4.09. The molecule has 1 aliphatic rings. The summed E-state index contributed by atoms with van der Waals surface area (Å²) in [5, 5.41) is 2.48. The van der Waals surface area contributed by atoms with Gasteiger partial charge in [0.15, 0.2) is 0 Å². The SMILES string of the molecule is NNC(=O)CCCC(=O)N1CCN(c2cccc3ccccc23)CC1. The lowest BCUT2D eigenvalue weighted by Gasteiger charge is -2.36. The van der Waals surface area contributed by atoms with Crippen LogP contribution in [0.25, 0.3) is 10.8 Å². The van der Waals surface area contributed by atoms with Crippen molar-refractivity contribution in [1.82, 2.24) is 10.3 Å². The van der Waals surface area contributed by atoms with E-state index in [9.17, 15) is 9.59 Å². The van der Waals surface area contributed by atoms with Crippen LogP contribution >= 0.6 is 0 Å². The number of benzene rings is 2. The normalized spacial score (nSPS) is 14.6. The van der Waals surface area contributed by atoms with Gasteiger partial charge in [-0.25, -0.2) is 5.84 Å². The summed E-state index contributed by atoms with van der Waals surface area (Å²) >= 11 is 0. The van der Waals surface area contributed by atoms with Crippen LogP contribution in [0.15, 0.2) is 42.5 Å². The fourth-order valence-electron chi connectivity index (χ4n) is 3.31. The highest BCUT2D eigenvalue weighted by Crippen LogP contribution is 2.27. The van der Waals surface area contributed by atoms with E-state index < -0.39 is 0 Å². The molecule has 132 valence electrons. The molecule has 25 heavy (non-hydrogen) atoms. The molecule has 6 nitrogen and oxygen atoms in total. The minimum Gasteiger partial charge on any atom is -0.367 e. The second-order valence-electron chi connectivity index (χ2n) is 6.29. The van der Waals surface area contributed by atoms with Crippen LogP contribution in [0.1, 0.15) is 19.3 Å². The third-order valence-electron chi connectivity index (χ3n) is 4.70. The van der Waals surface area contributed by atoms with Crippen LogP contribution in [0.5, 0.6) is 0 Å². The Hall–Kier alpha value is -2.60. The summed E-state index contributed by atoms with van der Waals surface area (Å²) in [7, 11) is 0. The number of nitrogens with two attached hydrogens (primary N) is 1. The molecule has 0 aromatic heterocycles. The van der Waals surface area contributed by atoms with Gasteiger partial charge in [-0.15, -0.1) is 0 Å². The third-order valence-corrected chi connectivity index (χ3v) is 4.70. The molecule has 2 amide bonds. The largest absolute Gasteiger partial charge is 0.367 e. The lowest BCUT2D eigenvalue weighted by Crippen LogP contribution is -2.48. The van der Waals surface area contributed by atoms with Gasteiger partial charge in [0, 0.05) is 50.1 Å². The van der Waals surface area contributed by atoms with E-state index in [-0.39, 0.29) is 18.2 Å². The number of hydrazine groups is 1. The molecule has 0 saturated carbocycles. The Bertz CT molecular complexity index is 749. The second kappa shape index (κ2) is 7.98. The number of nitrogens with one attached hydrogen (secondary N) is 1. The van der Waals surface area contributed by atoms with Crippen molar-refractivity contribution < 1.29 is 9.59 Å². The van der Waals surface area contributed by atoms with Crippen LogP contribution in [0, 0.1) is 0 Å². The van der Waals surface area contributed by atoms with Crippen molar-refractivity contribution in [1.29, 1.82) is 0 Å². The van der Waals surface area contributed by atoms with E-state index in [1.165, 1.54) is 16.5 Å². The summed E-state index contributed by atoms with van der Waals surface area (Å²) in [6.07, 6.45) is 1.21. The van der Waals surface area contributed by atoms with E-state index in [0.717, 1.165) is 13.1 Å². The Morgan fingerprint density at radius 3 is 2.44 bits per heavy atom. The number of rotatable bonds is 5. The number of piperazine rings is 1. The first-order valence-corrected chi connectivity index (χ1v) is 8.69. The van der Waals surface area contributed by atoms with E-state index >= 15 is 0 Å². The predicted molar refractivity (Wildman–Crippen MR) is 98.9 cm³/mol. The molecule has 0 radical (unpaired) electrons. The van der Waals surface area contributed by atoms with Gasteiger partial charge in [-0.05, 0) is 17.9 Å². The van der Waals surface area contributed by atoms with Gasteiger partial charge >= 0.3 is 0 Å². The Morgan fingerprint density at radius 1 is 0.960 bits per heavy atom. The van der Waals surface area contributed by atoms with E-state index in [1.807, 2.05) is 11.0 Å². The van der Waals surface area contributed by atoms with Crippen molar-refractivity contribution in [3.8, 4) is 0 Å². The highest BCUT2D eigenvalue weighted by molar-refractivity contribution is 5.94. The Kier molecular flexibility index (Phi) is 5.50. The molecule has 0 atom stereocenters. The summed E-state index contributed by atoms with van der Waals surface area (Å²) in [5.74, 6) is 4.93. The van der Waals surface area contributed by atoms with Gasteiger partial charge in [0.05, 0.1) is 0 Å². The van der Waals surface area contributed by atoms with Crippen molar-refractivity contribution in [2.24, 2.45) is 5.84 Å². The van der Waals surface area contributed by atoms with Crippen LogP contribution < -0.4 is 16.2 Å². The Labute approximate surface area is 147 Å². The highest BCUT2D eigenvalue weighted by atomic mass is 16.2. The predicted octanol–water partition coefficient (Wildman–Crippen LogP) is 1.65. The molecule has 0 spiro atoms. The van der Waals surface area contributed by atoms with Crippen molar-refractivity contribution in [2.75, 3.05) is 31.1 Å². The molecule has 1 fully saturated rings. The fourth-order valence-corrected chi connectivity index (χ4v) is 3.31. The van der Waals surface area contributed by atoms with Crippen molar-refractivity contribution >= 4 is 28.3 Å². The molecule has 2 aromatic rings. The average molecular weight is 340 g/mol. The molecule has 1 saturated heterocycles. The van der Waals surface area contributed by atoms with E-state index in [1.54, 1.807) is 0 Å². The zero-order chi connectivity index (χ0) is 17.6. The Morgan fingerprint density at radius 2 is 1.68 bits per heavy atom. The van der Waals surface area contributed by atoms with Crippen molar-refractivity contribution in [3.63, 3.8) is 0 Å². The minimum atomic E-state index is -0.228. The molecule has 2 aromatic carbocycles. The van der Waals surface area contributed by atoms with Gasteiger partial charge in [-0.2, -0.15) is 0 Å². The van der Waals surface area contributed by atoms with Crippen LogP contribution in [-0.2, 0) is 9.59 Å². The number of hydrogen-bond acceptors (Lipinski definition) is 4. The smallest absolute Gasteiger partial charge is 0.233 e. The molecule has 3 N–H and O–H groups in total. The number of carbonyl (C=O) groups is 2. The monoisotopic (exact) mass is 340 g/mol. The fraction of sp³-hybridized carbons (Fsp3) is 0.368. The maximum absolute atomic E-state index is 12.3. The van der Waals surface area contributed by atoms with Crippen LogP contribution in [0.2, 0.25) is 0 Å². The molecule has 0 aliphatic carbocycles. The molecule has 0 bridgehead atoms. The van der Waals surface area contributed by atoms with Crippen LogP contribution in [0.4, 0.5) is 5.69 Å². The van der Waals surface area contributed by atoms with Gasteiger partial charge in [0.25, 0.3) is 0 Å². The highest BCUT2D eigenvalue weighted by Gasteiger charge is 2.22. The van der Waals surface area contributed by atoms with Gasteiger partial charge < -0.3 is 9.80 Å². The topological polar surface area (TPSA) is 78.7 Å². The summed E-state index contributed by atoms with van der Waals surface area (Å²) in [5.41, 5.74) is 3.31. The summed E-state index contributed by atoms with van der Waals surface area (Å²) in [6.45, 7) is 3.07. The number of amides is 2. The van der Waals surface area contributed by atoms with Crippen molar-refractivity contribution in [3.05, 3.63) is 42.5 Å². The molecule has 0 unspecified atom stereocenters. The quantitative estimate of drug-likeness (QED) is 0.493. The lowest BCUT2D eigenvalue weighted by atomic mass is 10.1. The Balaban J connectivity index is 1.56. The van der Waals surface area contributed by atoms with Crippen LogP contribution in [0.3, 0.4) is 0 Å². The van der Waals surface area contributed by atoms with E-state index in [4.69, 9.17) is 5.84 Å². The maximum Gasteiger partial charge on any atom is 0.233 e. The summed E-state index contributed by atoms with van der Waals surface area (Å²) < 4.78 is 0. The summed E-state index contributed by atoms with van der Waals surface area (Å²) in [6, 6.07) is 14.7. The number of carbonyl (C=O) groups excluding carboxylic acids is 2. The van der Waals surface area contributed by atoms with E-state index in [0.29, 0.717) is 25.9 Å². The zero-order valence-corrected chi connectivity index (χ0v) is 14.3. The molecular formula is C19H24N4O2. The number of anilines is 1. The minimum absolute atomic E-state index is 0.113. The second-order valence-corrected chi connectivity index (χ2v) is 6.29. The molecular weight excluding hydrogens is 316 g/mol. The number of hydrogen-bond donors (Lipinski definition) is 2. The molecule has 3 rings (SSSR count). The zero-order valence-electron chi connectivity index (χ0n) is 14.3. The maximum atomic E-state index is 12.3. The average Bonchev–Trinajstić information content (AvgIpc) is 2.67. The van der Waals surface area contributed by atoms with Gasteiger partial charge in [-0.3, -0.25) is 15.0 Å².